The quantitative estimate of drug-likeness (QED) is 0.848. The Balaban J connectivity index is 1.56. The topological polar surface area (TPSA) is 57.6 Å². The van der Waals surface area contributed by atoms with E-state index in [2.05, 4.69) is 0 Å². The van der Waals surface area contributed by atoms with E-state index in [1.54, 1.807) is 16.7 Å². The molecule has 0 aromatic heterocycles. The van der Waals surface area contributed by atoms with Crippen LogP contribution >= 0.6 is 11.8 Å². The van der Waals surface area contributed by atoms with Crippen molar-refractivity contribution in [2.75, 3.05) is 12.3 Å². The van der Waals surface area contributed by atoms with Gasteiger partial charge in [-0.25, -0.2) is 4.79 Å². The second kappa shape index (κ2) is 6.73. The van der Waals surface area contributed by atoms with Gasteiger partial charge in [0.2, 0.25) is 5.91 Å². The van der Waals surface area contributed by atoms with E-state index >= 15 is 0 Å². The molecule has 0 bridgehead atoms. The minimum atomic E-state index is -0.835. The molecule has 1 heterocycles. The molecule has 0 radical (unpaired) electrons. The summed E-state index contributed by atoms with van der Waals surface area (Å²) < 4.78 is 0. The zero-order chi connectivity index (χ0) is 15.5. The maximum absolute atomic E-state index is 12.4. The van der Waals surface area contributed by atoms with Crippen molar-refractivity contribution in [2.45, 2.75) is 36.6 Å². The van der Waals surface area contributed by atoms with Gasteiger partial charge in [-0.1, -0.05) is 24.6 Å². The summed E-state index contributed by atoms with van der Waals surface area (Å²) in [6.07, 6.45) is 3.52. The fourth-order valence-corrected chi connectivity index (χ4v) is 4.66. The molecule has 1 saturated carbocycles. The van der Waals surface area contributed by atoms with E-state index in [1.165, 1.54) is 0 Å². The third kappa shape index (κ3) is 3.14. The Morgan fingerprint density at radius 2 is 2.00 bits per heavy atom. The van der Waals surface area contributed by atoms with Crippen molar-refractivity contribution >= 4 is 23.6 Å². The van der Waals surface area contributed by atoms with Gasteiger partial charge in [0.05, 0.1) is 0 Å². The fraction of sp³-hybridized carbons (Fsp3) is 0.529. The van der Waals surface area contributed by atoms with Crippen molar-refractivity contribution in [3.63, 3.8) is 0 Å². The van der Waals surface area contributed by atoms with E-state index in [0.717, 1.165) is 24.2 Å². The fourth-order valence-electron chi connectivity index (χ4n) is 3.80. The number of carboxylic acids is 1. The molecule has 118 valence electrons. The number of hydrogen-bond acceptors (Lipinski definition) is 3. The molecule has 1 aliphatic carbocycles. The van der Waals surface area contributed by atoms with E-state index in [1.807, 2.05) is 30.3 Å². The van der Waals surface area contributed by atoms with Crippen molar-refractivity contribution in [2.24, 2.45) is 11.8 Å². The Kier molecular flexibility index (Phi) is 4.71. The third-order valence-corrected chi connectivity index (χ3v) is 5.81. The number of rotatable bonds is 5. The van der Waals surface area contributed by atoms with Crippen LogP contribution in [0.15, 0.2) is 35.2 Å². The highest BCUT2D eigenvalue weighted by Gasteiger charge is 2.49. The number of hydrogen-bond donors (Lipinski definition) is 1. The van der Waals surface area contributed by atoms with Gasteiger partial charge in [0.25, 0.3) is 0 Å². The van der Waals surface area contributed by atoms with Crippen molar-refractivity contribution in [3.05, 3.63) is 30.3 Å². The van der Waals surface area contributed by atoms with E-state index in [4.69, 9.17) is 0 Å². The van der Waals surface area contributed by atoms with E-state index in [9.17, 15) is 14.7 Å². The zero-order valence-corrected chi connectivity index (χ0v) is 13.3. The summed E-state index contributed by atoms with van der Waals surface area (Å²) >= 11 is 1.64. The molecule has 2 fully saturated rings. The average molecular weight is 319 g/mol. The summed E-state index contributed by atoms with van der Waals surface area (Å²) in [5, 5.41) is 9.48. The summed E-state index contributed by atoms with van der Waals surface area (Å²) in [6.45, 7) is 0.635. The lowest BCUT2D eigenvalue weighted by atomic mass is 9.94. The van der Waals surface area contributed by atoms with Crippen LogP contribution in [0.2, 0.25) is 0 Å². The molecule has 5 heteroatoms. The summed E-state index contributed by atoms with van der Waals surface area (Å²) in [5.41, 5.74) is 0. The van der Waals surface area contributed by atoms with Gasteiger partial charge in [0, 0.05) is 23.6 Å². The molecule has 1 aromatic carbocycles. The highest BCUT2D eigenvalue weighted by atomic mass is 32.2. The molecule has 3 rings (SSSR count). The molecule has 3 atom stereocenters. The van der Waals surface area contributed by atoms with Crippen LogP contribution in [0.1, 0.15) is 25.7 Å². The summed E-state index contributed by atoms with van der Waals surface area (Å²) in [5.74, 6) is 0.417. The number of amides is 1. The monoisotopic (exact) mass is 319 g/mol. The summed E-state index contributed by atoms with van der Waals surface area (Å²) in [6, 6.07) is 9.38. The van der Waals surface area contributed by atoms with Gasteiger partial charge in [-0.2, -0.15) is 0 Å². The second-order valence-electron chi connectivity index (χ2n) is 6.10. The predicted octanol–water partition coefficient (Wildman–Crippen LogP) is 2.88. The van der Waals surface area contributed by atoms with Crippen molar-refractivity contribution in [1.29, 1.82) is 0 Å². The maximum Gasteiger partial charge on any atom is 0.326 e. The van der Waals surface area contributed by atoms with Crippen molar-refractivity contribution < 1.29 is 14.7 Å². The highest BCUT2D eigenvalue weighted by Crippen LogP contribution is 2.42. The smallest absolute Gasteiger partial charge is 0.326 e. The molecule has 2 aliphatic rings. The molecule has 0 spiro atoms. The molecule has 1 N–H and O–H groups in total. The van der Waals surface area contributed by atoms with Crippen LogP contribution in [0.4, 0.5) is 0 Å². The van der Waals surface area contributed by atoms with Crippen LogP contribution in [0.25, 0.3) is 0 Å². The molecule has 1 aliphatic heterocycles. The van der Waals surface area contributed by atoms with Gasteiger partial charge in [-0.15, -0.1) is 11.8 Å². The number of carboxylic acid groups (broad SMARTS) is 1. The standard InChI is InChI=1S/C17H21NO3S/c19-15(9-10-22-13-6-2-1-3-7-13)18-11-12-5-4-8-14(12)16(18)17(20)21/h1-3,6-7,12,14,16H,4-5,8-11H2,(H,20,21). The second-order valence-corrected chi connectivity index (χ2v) is 7.26. The minimum absolute atomic E-state index is 0.00905. The Hall–Kier alpha value is -1.49. The van der Waals surface area contributed by atoms with Crippen molar-refractivity contribution in [1.82, 2.24) is 4.90 Å². The van der Waals surface area contributed by atoms with Gasteiger partial charge in [0.15, 0.2) is 0 Å². The Morgan fingerprint density at radius 3 is 2.73 bits per heavy atom. The van der Waals surface area contributed by atoms with Gasteiger partial charge < -0.3 is 10.0 Å². The zero-order valence-electron chi connectivity index (χ0n) is 12.5. The number of nitrogens with zero attached hydrogens (tertiary/aromatic N) is 1. The number of aliphatic carboxylic acids is 1. The summed E-state index contributed by atoms with van der Waals surface area (Å²) in [7, 11) is 0. The van der Waals surface area contributed by atoms with Gasteiger partial charge in [-0.05, 0) is 36.8 Å². The molecule has 1 aromatic rings. The lowest BCUT2D eigenvalue weighted by Crippen LogP contribution is -2.43. The van der Waals surface area contributed by atoms with Gasteiger partial charge in [-0.3, -0.25) is 4.79 Å². The normalized spacial score (nSPS) is 26.9. The van der Waals surface area contributed by atoms with Crippen molar-refractivity contribution in [3.8, 4) is 0 Å². The van der Waals surface area contributed by atoms with E-state index in [0.29, 0.717) is 24.6 Å². The lowest BCUT2D eigenvalue weighted by Gasteiger charge is -2.24. The largest absolute Gasteiger partial charge is 0.480 e. The Morgan fingerprint density at radius 1 is 1.23 bits per heavy atom. The van der Waals surface area contributed by atoms with E-state index in [-0.39, 0.29) is 11.8 Å². The predicted molar refractivity (Wildman–Crippen MR) is 85.8 cm³/mol. The Labute approximate surface area is 134 Å². The Bertz CT molecular complexity index is 548. The molecule has 3 unspecified atom stereocenters. The molecule has 1 saturated heterocycles. The number of benzene rings is 1. The lowest BCUT2D eigenvalue weighted by molar-refractivity contribution is -0.149. The molecule has 22 heavy (non-hydrogen) atoms. The number of carbonyl (C=O) groups is 2. The summed E-state index contributed by atoms with van der Waals surface area (Å²) in [4.78, 5) is 26.8. The maximum atomic E-state index is 12.4. The van der Waals surface area contributed by atoms with Crippen LogP contribution in [0.5, 0.6) is 0 Å². The first-order chi connectivity index (χ1) is 10.7. The first kappa shape index (κ1) is 15.4. The van der Waals surface area contributed by atoms with Crippen LogP contribution in [-0.2, 0) is 9.59 Å². The van der Waals surface area contributed by atoms with E-state index < -0.39 is 12.0 Å². The highest BCUT2D eigenvalue weighted by molar-refractivity contribution is 7.99. The third-order valence-electron chi connectivity index (χ3n) is 4.79. The number of fused-ring (bicyclic) bond motifs is 1. The van der Waals surface area contributed by atoms with Crippen LogP contribution < -0.4 is 0 Å². The van der Waals surface area contributed by atoms with Crippen LogP contribution in [0, 0.1) is 11.8 Å². The number of carbonyl (C=O) groups excluding carboxylic acids is 1. The van der Waals surface area contributed by atoms with Gasteiger partial charge >= 0.3 is 5.97 Å². The molecular weight excluding hydrogens is 298 g/mol. The van der Waals surface area contributed by atoms with Crippen LogP contribution in [0.3, 0.4) is 0 Å². The average Bonchev–Trinajstić information content (AvgIpc) is 3.08. The first-order valence-corrected chi connectivity index (χ1v) is 8.85. The minimum Gasteiger partial charge on any atom is -0.480 e. The SMILES string of the molecule is O=C(O)C1C2CCCC2CN1C(=O)CCSc1ccccc1. The number of likely N-dealkylation sites (tertiary alicyclic amines) is 1. The molecular formula is C17H21NO3S. The van der Waals surface area contributed by atoms with Crippen LogP contribution in [-0.4, -0.2) is 40.2 Å². The molecule has 1 amide bonds. The first-order valence-electron chi connectivity index (χ1n) is 7.87. The molecule has 4 nitrogen and oxygen atoms in total. The number of thioether (sulfide) groups is 1. The van der Waals surface area contributed by atoms with Gasteiger partial charge in [0.1, 0.15) is 6.04 Å².